The van der Waals surface area contributed by atoms with E-state index in [1.807, 2.05) is 36.4 Å². The van der Waals surface area contributed by atoms with E-state index < -0.39 is 0 Å². The maximum atomic E-state index is 5.57. The summed E-state index contributed by atoms with van der Waals surface area (Å²) in [6.45, 7) is 0. The Morgan fingerprint density at radius 1 is 1.04 bits per heavy atom. The predicted octanol–water partition coefficient (Wildman–Crippen LogP) is 4.71. The lowest BCUT2D eigenvalue weighted by molar-refractivity contribution is 0.405. The van der Waals surface area contributed by atoms with Gasteiger partial charge in [-0.05, 0) is 23.8 Å². The number of pyridine rings is 1. The van der Waals surface area contributed by atoms with E-state index in [4.69, 9.17) is 9.72 Å². The minimum absolute atomic E-state index is 0.782. The summed E-state index contributed by atoms with van der Waals surface area (Å²) in [5.41, 5.74) is 3.17. The van der Waals surface area contributed by atoms with Crippen LogP contribution in [0.3, 0.4) is 0 Å². The summed E-state index contributed by atoms with van der Waals surface area (Å²) in [6, 6.07) is 18.4. The van der Waals surface area contributed by atoms with Crippen molar-refractivity contribution in [1.82, 2.24) is 15.0 Å². The smallest absolute Gasteiger partial charge is 0.135 e. The van der Waals surface area contributed by atoms with Crippen LogP contribution < -0.4 is 4.74 Å². The first-order chi connectivity index (χ1) is 12.3. The van der Waals surface area contributed by atoms with Gasteiger partial charge in [-0.15, -0.1) is 0 Å². The molecule has 4 nitrogen and oxygen atoms in total. The van der Waals surface area contributed by atoms with Gasteiger partial charge in [0.05, 0.1) is 23.0 Å². The van der Waals surface area contributed by atoms with Gasteiger partial charge in [0.25, 0.3) is 0 Å². The number of fused-ring (bicyclic) bond motifs is 1. The number of nitrogens with zero attached hydrogens (tertiary/aromatic N) is 2. The van der Waals surface area contributed by atoms with Crippen molar-refractivity contribution in [3.63, 3.8) is 0 Å². The maximum absolute atomic E-state index is 5.57. The molecule has 0 radical (unpaired) electrons. The number of rotatable bonds is 5. The van der Waals surface area contributed by atoms with Gasteiger partial charge < -0.3 is 9.72 Å². The van der Waals surface area contributed by atoms with Gasteiger partial charge in [-0.1, -0.05) is 42.1 Å². The third kappa shape index (κ3) is 3.51. The topological polar surface area (TPSA) is 50.8 Å². The zero-order chi connectivity index (χ0) is 17.1. The molecule has 0 spiro atoms. The molecule has 0 bridgehead atoms. The number of benzene rings is 2. The first kappa shape index (κ1) is 15.7. The van der Waals surface area contributed by atoms with Gasteiger partial charge in [0.2, 0.25) is 0 Å². The van der Waals surface area contributed by atoms with E-state index in [0.717, 1.165) is 38.8 Å². The molecule has 0 unspecified atom stereocenters. The molecule has 4 rings (SSSR count). The van der Waals surface area contributed by atoms with Crippen molar-refractivity contribution in [1.29, 1.82) is 0 Å². The molecule has 2 aromatic carbocycles. The molecule has 25 heavy (non-hydrogen) atoms. The third-order valence-electron chi connectivity index (χ3n) is 3.91. The Balaban J connectivity index is 1.68. The van der Waals surface area contributed by atoms with Crippen molar-refractivity contribution < 1.29 is 4.74 Å². The van der Waals surface area contributed by atoms with Gasteiger partial charge in [0.1, 0.15) is 11.6 Å². The molecule has 0 aliphatic heterocycles. The molecule has 0 amide bonds. The highest BCUT2D eigenvalue weighted by atomic mass is 32.2. The van der Waals surface area contributed by atoms with Crippen LogP contribution in [0.2, 0.25) is 0 Å². The van der Waals surface area contributed by atoms with Gasteiger partial charge in [-0.25, -0.2) is 4.98 Å². The normalized spacial score (nSPS) is 10.9. The standard InChI is InChI=1S/C20H17N3OS/c1-24-18-12-16-17(13-19(18)25-15-7-9-21-10-8-15)23-20(22-16)11-14-5-3-2-4-6-14/h2-10,12-13H,11H2,1H3,(H,22,23). The highest BCUT2D eigenvalue weighted by Crippen LogP contribution is 2.37. The van der Waals surface area contributed by atoms with Crippen LogP contribution in [0.15, 0.2) is 76.8 Å². The van der Waals surface area contributed by atoms with E-state index in [9.17, 15) is 0 Å². The molecule has 2 heterocycles. The second kappa shape index (κ2) is 6.99. The number of aromatic amines is 1. The third-order valence-corrected chi connectivity index (χ3v) is 4.96. The fraction of sp³-hybridized carbons (Fsp3) is 0.100. The molecule has 2 aromatic heterocycles. The van der Waals surface area contributed by atoms with Gasteiger partial charge >= 0.3 is 0 Å². The molecule has 0 saturated heterocycles. The molecule has 0 saturated carbocycles. The quantitative estimate of drug-likeness (QED) is 0.568. The van der Waals surface area contributed by atoms with E-state index in [-0.39, 0.29) is 0 Å². The lowest BCUT2D eigenvalue weighted by Gasteiger charge is -2.07. The number of methoxy groups -OCH3 is 1. The van der Waals surface area contributed by atoms with Crippen LogP contribution in [0.5, 0.6) is 5.75 Å². The molecular weight excluding hydrogens is 330 g/mol. The number of nitrogens with one attached hydrogen (secondary N) is 1. The molecule has 5 heteroatoms. The first-order valence-corrected chi connectivity index (χ1v) is 8.82. The van der Waals surface area contributed by atoms with E-state index in [1.165, 1.54) is 5.56 Å². The Hall–Kier alpha value is -2.79. The minimum atomic E-state index is 0.782. The fourth-order valence-electron chi connectivity index (χ4n) is 2.72. The van der Waals surface area contributed by atoms with E-state index in [1.54, 1.807) is 31.3 Å². The maximum Gasteiger partial charge on any atom is 0.135 e. The van der Waals surface area contributed by atoms with E-state index in [2.05, 4.69) is 28.2 Å². The van der Waals surface area contributed by atoms with Gasteiger partial charge in [0.15, 0.2) is 0 Å². The first-order valence-electron chi connectivity index (χ1n) is 8.00. The van der Waals surface area contributed by atoms with Crippen LogP contribution in [0, 0.1) is 0 Å². The Kier molecular flexibility index (Phi) is 4.39. The molecule has 0 fully saturated rings. The largest absolute Gasteiger partial charge is 0.495 e. The molecule has 1 N–H and O–H groups in total. The van der Waals surface area contributed by atoms with Crippen molar-refractivity contribution in [2.75, 3.05) is 7.11 Å². The van der Waals surface area contributed by atoms with Gasteiger partial charge in [0, 0.05) is 29.8 Å². The number of H-pyrrole nitrogens is 1. The summed E-state index contributed by atoms with van der Waals surface area (Å²) in [6.07, 6.45) is 4.37. The van der Waals surface area contributed by atoms with Crippen molar-refractivity contribution in [2.45, 2.75) is 16.2 Å². The molecule has 0 aliphatic carbocycles. The summed E-state index contributed by atoms with van der Waals surface area (Å²) in [7, 11) is 1.69. The van der Waals surface area contributed by atoms with Crippen LogP contribution >= 0.6 is 11.8 Å². The van der Waals surface area contributed by atoms with E-state index >= 15 is 0 Å². The second-order valence-electron chi connectivity index (χ2n) is 5.65. The van der Waals surface area contributed by atoms with Crippen LogP contribution in [0.1, 0.15) is 11.4 Å². The van der Waals surface area contributed by atoms with Gasteiger partial charge in [-0.3, -0.25) is 4.98 Å². The van der Waals surface area contributed by atoms with Crippen molar-refractivity contribution in [3.05, 3.63) is 78.4 Å². The van der Waals surface area contributed by atoms with Crippen molar-refractivity contribution in [2.24, 2.45) is 0 Å². The Labute approximate surface area is 150 Å². The summed E-state index contributed by atoms with van der Waals surface area (Å²) in [5.74, 6) is 1.79. The lowest BCUT2D eigenvalue weighted by Crippen LogP contribution is -1.89. The fourth-order valence-corrected chi connectivity index (χ4v) is 3.64. The Morgan fingerprint density at radius 2 is 1.84 bits per heavy atom. The zero-order valence-corrected chi connectivity index (χ0v) is 14.6. The zero-order valence-electron chi connectivity index (χ0n) is 13.8. The van der Waals surface area contributed by atoms with Crippen molar-refractivity contribution >= 4 is 22.8 Å². The Bertz CT molecular complexity index is 984. The number of imidazole rings is 1. The van der Waals surface area contributed by atoms with Crippen LogP contribution in [0.25, 0.3) is 11.0 Å². The SMILES string of the molecule is COc1cc2[nH]c(Cc3ccccc3)nc2cc1Sc1ccncc1. The minimum Gasteiger partial charge on any atom is -0.495 e. The monoisotopic (exact) mass is 347 g/mol. The number of hydrogen-bond acceptors (Lipinski definition) is 4. The number of ether oxygens (including phenoxy) is 1. The van der Waals surface area contributed by atoms with Crippen molar-refractivity contribution in [3.8, 4) is 5.75 Å². The van der Waals surface area contributed by atoms with Crippen LogP contribution in [-0.4, -0.2) is 22.1 Å². The van der Waals surface area contributed by atoms with E-state index in [0.29, 0.717) is 0 Å². The molecule has 124 valence electrons. The average molecular weight is 347 g/mol. The predicted molar refractivity (Wildman–Crippen MR) is 100 cm³/mol. The summed E-state index contributed by atoms with van der Waals surface area (Å²) in [5, 5.41) is 0. The van der Waals surface area contributed by atoms with Crippen LogP contribution in [-0.2, 0) is 6.42 Å². The summed E-state index contributed by atoms with van der Waals surface area (Å²) < 4.78 is 5.57. The number of aromatic nitrogens is 3. The van der Waals surface area contributed by atoms with Crippen LogP contribution in [0.4, 0.5) is 0 Å². The highest BCUT2D eigenvalue weighted by Gasteiger charge is 2.11. The lowest BCUT2D eigenvalue weighted by atomic mass is 10.1. The van der Waals surface area contributed by atoms with Gasteiger partial charge in [-0.2, -0.15) is 0 Å². The molecular formula is C20H17N3OS. The highest BCUT2D eigenvalue weighted by molar-refractivity contribution is 7.99. The molecule has 0 atom stereocenters. The molecule has 0 aliphatic rings. The second-order valence-corrected chi connectivity index (χ2v) is 6.77. The Morgan fingerprint density at radius 3 is 2.60 bits per heavy atom. The summed E-state index contributed by atoms with van der Waals surface area (Å²) >= 11 is 1.65. The summed E-state index contributed by atoms with van der Waals surface area (Å²) in [4.78, 5) is 14.4. The molecule has 4 aromatic rings. The average Bonchev–Trinajstić information content (AvgIpc) is 3.03. The number of hydrogen-bond donors (Lipinski definition) is 1.